The second kappa shape index (κ2) is 9.21. The Balaban J connectivity index is 0.000000878. The molecule has 1 heterocycles. The van der Waals surface area contributed by atoms with E-state index in [2.05, 4.69) is 15.9 Å². The molecule has 0 saturated heterocycles. The molecule has 1 aromatic heterocycles. The summed E-state index contributed by atoms with van der Waals surface area (Å²) in [6.07, 6.45) is 2.19. The van der Waals surface area contributed by atoms with Crippen LogP contribution in [-0.4, -0.2) is 15.6 Å². The lowest BCUT2D eigenvalue weighted by atomic mass is 10.1. The summed E-state index contributed by atoms with van der Waals surface area (Å²) in [5.74, 6) is -0.280. The van der Waals surface area contributed by atoms with E-state index >= 15 is 0 Å². The Morgan fingerprint density at radius 3 is 2.29 bits per heavy atom. The molecule has 0 spiro atoms. The minimum Gasteiger partial charge on any atom is -0.344 e. The van der Waals surface area contributed by atoms with Gasteiger partial charge in [-0.05, 0) is 55.3 Å². The highest BCUT2D eigenvalue weighted by Crippen LogP contribution is 2.33. The summed E-state index contributed by atoms with van der Waals surface area (Å²) in [6, 6.07) is 13.0. The lowest BCUT2D eigenvalue weighted by Crippen LogP contribution is -2.09. The van der Waals surface area contributed by atoms with Crippen molar-refractivity contribution in [1.82, 2.24) is 4.57 Å². The highest BCUT2D eigenvalue weighted by molar-refractivity contribution is 9.10. The Morgan fingerprint density at radius 1 is 1.11 bits per heavy atom. The Hall–Kier alpha value is -3.09. The number of carbonyl (C=O) groups excluding carboxylic acids is 2. The van der Waals surface area contributed by atoms with Crippen LogP contribution in [-0.2, 0) is 9.59 Å². The normalized spacial score (nSPS) is 11.1. The van der Waals surface area contributed by atoms with Crippen LogP contribution in [0, 0.1) is 22.9 Å². The first-order chi connectivity index (χ1) is 13.3. The second-order valence-corrected chi connectivity index (χ2v) is 6.92. The van der Waals surface area contributed by atoms with Gasteiger partial charge in [0.05, 0.1) is 16.5 Å². The molecule has 0 aliphatic carbocycles. The Bertz CT molecular complexity index is 1030. The maximum atomic E-state index is 13.1. The average molecular weight is 447 g/mol. The summed E-state index contributed by atoms with van der Waals surface area (Å²) >= 11 is 3.39. The topological polar surface area (TPSA) is 82.2 Å². The molecule has 2 aromatic carbocycles. The summed E-state index contributed by atoms with van der Waals surface area (Å²) in [5, 5.41) is 11.4. The van der Waals surface area contributed by atoms with E-state index in [0.29, 0.717) is 5.56 Å². The number of aryl methyl sites for hydroxylation is 1. The summed E-state index contributed by atoms with van der Waals surface area (Å²) in [4.78, 5) is 27.2. The summed E-state index contributed by atoms with van der Waals surface area (Å²) in [6.45, 7) is 3.88. The molecule has 0 amide bonds. The van der Waals surface area contributed by atoms with Crippen LogP contribution in [0.15, 0.2) is 59.2 Å². The molecule has 3 rings (SSSR count). The van der Waals surface area contributed by atoms with E-state index < -0.39 is 0 Å². The van der Waals surface area contributed by atoms with Gasteiger partial charge in [0.25, 0.3) is 5.69 Å². The predicted octanol–water partition coefficient (Wildman–Crippen LogP) is 5.30. The van der Waals surface area contributed by atoms with Gasteiger partial charge < -0.3 is 4.57 Å². The number of nitro benzene ring substituents is 1. The number of aromatic nitrogens is 1. The number of nitro groups is 1. The minimum absolute atomic E-state index is 0.0899. The van der Waals surface area contributed by atoms with Gasteiger partial charge in [0.2, 0.25) is 0 Å². The zero-order chi connectivity index (χ0) is 20.8. The average Bonchev–Trinajstić information content (AvgIpc) is 3.03. The van der Waals surface area contributed by atoms with Crippen molar-refractivity contribution in [3.8, 4) is 11.1 Å². The van der Waals surface area contributed by atoms with Crippen LogP contribution in [0.5, 0.6) is 0 Å². The fourth-order valence-electron chi connectivity index (χ4n) is 2.98. The molecule has 0 bridgehead atoms. The van der Waals surface area contributed by atoms with Crippen molar-refractivity contribution in [2.45, 2.75) is 19.9 Å². The molecule has 3 aromatic rings. The zero-order valence-corrected chi connectivity index (χ0v) is 16.6. The van der Waals surface area contributed by atoms with Gasteiger partial charge in [0.15, 0.2) is 0 Å². The number of nitrogens with zero attached hydrogens (tertiary/aromatic N) is 2. The fraction of sp³-hybridized carbons (Fsp3) is 0.150. The van der Waals surface area contributed by atoms with Crippen molar-refractivity contribution < 1.29 is 18.9 Å². The van der Waals surface area contributed by atoms with Gasteiger partial charge in [-0.1, -0.05) is 28.1 Å². The largest absolute Gasteiger partial charge is 0.373 e. The number of hydrogen-bond donors (Lipinski definition) is 0. The van der Waals surface area contributed by atoms with E-state index in [1.54, 1.807) is 24.3 Å². The van der Waals surface area contributed by atoms with Crippen LogP contribution in [0.2, 0.25) is 0 Å². The Kier molecular flexibility index (Phi) is 6.98. The van der Waals surface area contributed by atoms with Crippen molar-refractivity contribution >= 4 is 27.8 Å². The molecule has 0 fully saturated rings. The lowest BCUT2D eigenvalue weighted by Gasteiger charge is -2.17. The summed E-state index contributed by atoms with van der Waals surface area (Å²) < 4.78 is 15.9. The van der Waals surface area contributed by atoms with Gasteiger partial charge in [-0.15, -0.1) is 0 Å². The third-order valence-electron chi connectivity index (χ3n) is 4.28. The van der Waals surface area contributed by atoms with E-state index in [4.69, 9.17) is 9.59 Å². The van der Waals surface area contributed by atoms with Crippen LogP contribution >= 0.6 is 15.9 Å². The van der Waals surface area contributed by atoms with Crippen LogP contribution in [0.1, 0.15) is 24.2 Å². The Morgan fingerprint density at radius 2 is 1.71 bits per heavy atom. The maximum Gasteiger partial charge on any atom is 0.373 e. The van der Waals surface area contributed by atoms with E-state index in [-0.39, 0.29) is 28.6 Å². The molecular formula is C20H16BrFN2O4. The molecule has 0 radical (unpaired) electrons. The quantitative estimate of drug-likeness (QED) is 0.402. The van der Waals surface area contributed by atoms with Crippen LogP contribution in [0.4, 0.5) is 10.1 Å². The number of benzene rings is 2. The van der Waals surface area contributed by atoms with Gasteiger partial charge in [0, 0.05) is 22.4 Å². The molecular weight excluding hydrogens is 431 g/mol. The molecule has 28 heavy (non-hydrogen) atoms. The van der Waals surface area contributed by atoms with Crippen molar-refractivity contribution in [3.05, 3.63) is 86.4 Å². The highest BCUT2D eigenvalue weighted by atomic mass is 79.9. The SMILES string of the molecule is Cc1cc(-c2ccc(F)cc2)cn1C(C)c1cc(Br)ccc1[N+](=O)[O-].O=C=O. The lowest BCUT2D eigenvalue weighted by molar-refractivity contribution is -0.385. The molecule has 8 heteroatoms. The predicted molar refractivity (Wildman–Crippen MR) is 104 cm³/mol. The molecule has 144 valence electrons. The van der Waals surface area contributed by atoms with Crippen LogP contribution in [0.3, 0.4) is 0 Å². The number of halogens is 2. The summed E-state index contributed by atoms with van der Waals surface area (Å²) in [7, 11) is 0. The van der Waals surface area contributed by atoms with Gasteiger partial charge in [-0.3, -0.25) is 10.1 Å². The molecule has 1 unspecified atom stereocenters. The van der Waals surface area contributed by atoms with Crippen molar-refractivity contribution in [2.24, 2.45) is 0 Å². The third-order valence-corrected chi connectivity index (χ3v) is 4.77. The molecule has 0 aliphatic heterocycles. The second-order valence-electron chi connectivity index (χ2n) is 6.00. The first kappa shape index (κ1) is 21.2. The molecule has 0 aliphatic rings. The minimum atomic E-state index is -0.363. The van der Waals surface area contributed by atoms with Crippen molar-refractivity contribution in [3.63, 3.8) is 0 Å². The van der Waals surface area contributed by atoms with Gasteiger partial charge >= 0.3 is 6.15 Å². The smallest absolute Gasteiger partial charge is 0.344 e. The molecule has 6 nitrogen and oxygen atoms in total. The molecule has 1 atom stereocenters. The Labute approximate surface area is 168 Å². The fourth-order valence-corrected chi connectivity index (χ4v) is 3.36. The molecule has 0 N–H and O–H groups in total. The van der Waals surface area contributed by atoms with E-state index in [9.17, 15) is 14.5 Å². The van der Waals surface area contributed by atoms with Crippen LogP contribution in [0.25, 0.3) is 11.1 Å². The van der Waals surface area contributed by atoms with E-state index in [1.165, 1.54) is 18.2 Å². The monoisotopic (exact) mass is 446 g/mol. The first-order valence-electron chi connectivity index (χ1n) is 8.16. The zero-order valence-electron chi connectivity index (χ0n) is 15.1. The standard InChI is InChI=1S/C19H16BrFN2O2.CO2/c1-12-9-15(14-3-6-17(21)7-4-14)11-22(12)13(2)18-10-16(20)5-8-19(18)23(24)25;2-1-3/h3-11,13H,1-2H3;. The third kappa shape index (κ3) is 4.79. The van der Waals surface area contributed by atoms with Crippen LogP contribution < -0.4 is 0 Å². The van der Waals surface area contributed by atoms with Crippen molar-refractivity contribution in [1.29, 1.82) is 0 Å². The van der Waals surface area contributed by atoms with Gasteiger partial charge in [-0.25, -0.2) is 4.39 Å². The van der Waals surface area contributed by atoms with E-state index in [1.807, 2.05) is 30.7 Å². The first-order valence-corrected chi connectivity index (χ1v) is 8.95. The van der Waals surface area contributed by atoms with Gasteiger partial charge in [0.1, 0.15) is 5.82 Å². The number of hydrogen-bond acceptors (Lipinski definition) is 4. The van der Waals surface area contributed by atoms with E-state index in [0.717, 1.165) is 21.3 Å². The highest BCUT2D eigenvalue weighted by Gasteiger charge is 2.21. The number of rotatable bonds is 4. The van der Waals surface area contributed by atoms with Crippen molar-refractivity contribution in [2.75, 3.05) is 0 Å². The maximum absolute atomic E-state index is 13.1. The summed E-state index contributed by atoms with van der Waals surface area (Å²) in [5.41, 5.74) is 3.54. The molecule has 0 saturated carbocycles. The van der Waals surface area contributed by atoms with Gasteiger partial charge in [-0.2, -0.15) is 9.59 Å².